The van der Waals surface area contributed by atoms with Gasteiger partial charge in [-0.3, -0.25) is 4.99 Å². The number of aliphatic imine (C=N–C) groups is 2. The third-order valence-electron chi connectivity index (χ3n) is 5.02. The van der Waals surface area contributed by atoms with E-state index in [1.165, 1.54) is 11.1 Å². The third kappa shape index (κ3) is 5.17. The summed E-state index contributed by atoms with van der Waals surface area (Å²) in [5, 5.41) is -0.0277. The molecule has 0 aliphatic rings. The molecule has 4 heteroatoms. The van der Waals surface area contributed by atoms with Crippen molar-refractivity contribution in [1.29, 1.82) is 0 Å². The number of hydrogen-bond acceptors (Lipinski definition) is 1. The van der Waals surface area contributed by atoms with Crippen molar-refractivity contribution in [2.45, 2.75) is 39.7 Å². The van der Waals surface area contributed by atoms with E-state index >= 15 is 0 Å². The fraction of sp³-hybridized carbons (Fsp3) is 0.231. The summed E-state index contributed by atoms with van der Waals surface area (Å²) < 4.78 is 0. The maximum atomic E-state index is 6.01. The van der Waals surface area contributed by atoms with Gasteiger partial charge in [-0.1, -0.05) is 93.6 Å². The predicted molar refractivity (Wildman–Crippen MR) is 129 cm³/mol. The maximum Gasteiger partial charge on any atom is 0.195 e. The van der Waals surface area contributed by atoms with Gasteiger partial charge in [0.15, 0.2) is 11.1 Å². The second kappa shape index (κ2) is 9.27. The van der Waals surface area contributed by atoms with Crippen LogP contribution in [0.15, 0.2) is 82.8 Å². The summed E-state index contributed by atoms with van der Waals surface area (Å²) in [7, 11) is 0. The Labute approximate surface area is 184 Å². The van der Waals surface area contributed by atoms with Crippen LogP contribution in [0.25, 0.3) is 11.1 Å². The molecule has 0 aliphatic heterocycles. The van der Waals surface area contributed by atoms with Crippen LogP contribution in [0.2, 0.25) is 0 Å². The number of nitrogens with zero attached hydrogens (tertiary/aromatic N) is 2. The lowest BCUT2D eigenvalue weighted by Crippen LogP contribution is -2.14. The first-order valence-corrected chi connectivity index (χ1v) is 10.4. The van der Waals surface area contributed by atoms with E-state index in [1.807, 2.05) is 30.3 Å². The van der Waals surface area contributed by atoms with Crippen molar-refractivity contribution in [3.05, 3.63) is 95.1 Å². The van der Waals surface area contributed by atoms with Gasteiger partial charge in [-0.2, -0.15) is 0 Å². The molecule has 0 saturated heterocycles. The highest BCUT2D eigenvalue weighted by atomic mass is 35.5. The minimum atomic E-state index is -0.0277. The lowest BCUT2D eigenvalue weighted by Gasteiger charge is -2.22. The van der Waals surface area contributed by atoms with Crippen molar-refractivity contribution >= 4 is 22.7 Å². The molecule has 0 atom stereocenters. The summed E-state index contributed by atoms with van der Waals surface area (Å²) in [5.41, 5.74) is 12.4. The van der Waals surface area contributed by atoms with Gasteiger partial charge in [-0.25, -0.2) is 4.99 Å². The fourth-order valence-corrected chi connectivity index (χ4v) is 3.72. The van der Waals surface area contributed by atoms with Crippen molar-refractivity contribution < 1.29 is 0 Å². The number of hydrogen-bond donors (Lipinski definition) is 1. The normalized spacial score (nSPS) is 12.8. The third-order valence-corrected chi connectivity index (χ3v) is 5.10. The first-order valence-electron chi connectivity index (χ1n) is 10.1. The van der Waals surface area contributed by atoms with Crippen LogP contribution in [0.3, 0.4) is 0 Å². The van der Waals surface area contributed by atoms with E-state index in [4.69, 9.17) is 22.3 Å². The first-order chi connectivity index (χ1) is 14.3. The molecular weight excluding hydrogens is 390 g/mol. The molecule has 3 rings (SSSR count). The average Bonchev–Trinajstić information content (AvgIpc) is 2.71. The quantitative estimate of drug-likeness (QED) is 0.295. The second-order valence-electron chi connectivity index (χ2n) is 8.35. The van der Waals surface area contributed by atoms with Crippen LogP contribution in [-0.4, -0.2) is 11.1 Å². The van der Waals surface area contributed by atoms with Crippen molar-refractivity contribution in [3.63, 3.8) is 0 Å². The highest BCUT2D eigenvalue weighted by Gasteiger charge is 2.18. The van der Waals surface area contributed by atoms with Gasteiger partial charge in [0, 0.05) is 5.56 Å². The van der Waals surface area contributed by atoms with E-state index in [1.54, 1.807) is 0 Å². The van der Waals surface area contributed by atoms with E-state index < -0.39 is 0 Å². The molecule has 0 aromatic heterocycles. The Kier molecular flexibility index (Phi) is 6.73. The molecule has 3 aromatic rings. The van der Waals surface area contributed by atoms with Crippen LogP contribution in [0.1, 0.15) is 43.0 Å². The molecule has 3 nitrogen and oxygen atoms in total. The zero-order chi connectivity index (χ0) is 21.7. The van der Waals surface area contributed by atoms with Gasteiger partial charge >= 0.3 is 0 Å². The summed E-state index contributed by atoms with van der Waals surface area (Å²) in [6.07, 6.45) is 0. The summed E-state index contributed by atoms with van der Waals surface area (Å²) in [4.78, 5) is 9.30. The molecule has 0 radical (unpaired) electrons. The van der Waals surface area contributed by atoms with Gasteiger partial charge in [-0.05, 0) is 51.8 Å². The van der Waals surface area contributed by atoms with Gasteiger partial charge in [0.1, 0.15) is 0 Å². The molecule has 0 aliphatic carbocycles. The number of rotatable bonds is 4. The number of benzene rings is 3. The van der Waals surface area contributed by atoms with Crippen LogP contribution in [-0.2, 0) is 12.0 Å². The number of aryl methyl sites for hydroxylation is 1. The smallest absolute Gasteiger partial charge is 0.195 e. The summed E-state index contributed by atoms with van der Waals surface area (Å²) in [6, 6.07) is 24.8. The summed E-state index contributed by atoms with van der Waals surface area (Å²) in [5.74, 6) is 0.545. The van der Waals surface area contributed by atoms with Crippen LogP contribution in [0.5, 0.6) is 0 Å². The first kappa shape index (κ1) is 21.8. The van der Waals surface area contributed by atoms with Gasteiger partial charge in [0.05, 0.1) is 6.54 Å². The van der Waals surface area contributed by atoms with Crippen LogP contribution in [0, 0.1) is 6.92 Å². The Bertz CT molecular complexity index is 1070. The van der Waals surface area contributed by atoms with Crippen LogP contribution in [0.4, 0.5) is 0 Å². The number of nitrogens with two attached hydrogens (primary N) is 1. The maximum absolute atomic E-state index is 6.01. The Morgan fingerprint density at radius 3 is 2.23 bits per heavy atom. The van der Waals surface area contributed by atoms with E-state index in [9.17, 15) is 0 Å². The topological polar surface area (TPSA) is 50.7 Å². The fourth-order valence-electron chi connectivity index (χ4n) is 3.64. The van der Waals surface area contributed by atoms with E-state index in [0.29, 0.717) is 12.4 Å². The molecule has 2 N–H and O–H groups in total. The molecular formula is C26H28ClN3. The molecule has 0 unspecified atom stereocenters. The Balaban J connectivity index is 2.14. The number of halogens is 1. The highest BCUT2D eigenvalue weighted by Crippen LogP contribution is 2.29. The molecule has 30 heavy (non-hydrogen) atoms. The van der Waals surface area contributed by atoms with Gasteiger partial charge in [-0.15, -0.1) is 0 Å². The van der Waals surface area contributed by atoms with Crippen molar-refractivity contribution in [3.8, 4) is 11.1 Å². The zero-order valence-electron chi connectivity index (χ0n) is 18.0. The summed E-state index contributed by atoms with van der Waals surface area (Å²) >= 11 is 6.01. The van der Waals surface area contributed by atoms with Crippen LogP contribution >= 0.6 is 11.6 Å². The molecule has 0 amide bonds. The number of amidine groups is 2. The highest BCUT2D eigenvalue weighted by molar-refractivity contribution is 6.65. The minimum absolute atomic E-state index is 0.0267. The largest absolute Gasteiger partial charge is 0.374 e. The minimum Gasteiger partial charge on any atom is -0.374 e. The second-order valence-corrected chi connectivity index (χ2v) is 8.73. The van der Waals surface area contributed by atoms with Crippen molar-refractivity contribution in [1.82, 2.24) is 0 Å². The average molecular weight is 418 g/mol. The van der Waals surface area contributed by atoms with E-state index in [-0.39, 0.29) is 10.7 Å². The molecule has 3 aromatic carbocycles. The van der Waals surface area contributed by atoms with E-state index in [2.05, 4.69) is 75.2 Å². The monoisotopic (exact) mass is 417 g/mol. The van der Waals surface area contributed by atoms with Gasteiger partial charge in [0.25, 0.3) is 0 Å². The van der Waals surface area contributed by atoms with Crippen molar-refractivity contribution in [2.24, 2.45) is 15.7 Å². The zero-order valence-corrected chi connectivity index (χ0v) is 18.7. The Morgan fingerprint density at radius 1 is 0.900 bits per heavy atom. The molecule has 0 saturated carbocycles. The molecule has 0 bridgehead atoms. The SMILES string of the molecule is Cc1cccc(-c2ccccc2)c1C(N=C(N)Cl)=NCc1ccccc1C(C)(C)C. The predicted octanol–water partition coefficient (Wildman–Crippen LogP) is 6.46. The molecule has 154 valence electrons. The molecule has 0 fully saturated rings. The van der Waals surface area contributed by atoms with Gasteiger partial charge < -0.3 is 5.73 Å². The Morgan fingerprint density at radius 2 is 1.57 bits per heavy atom. The lowest BCUT2D eigenvalue weighted by molar-refractivity contribution is 0.582. The standard InChI is InChI=1S/C26H28ClN3/c1-18-11-10-15-21(19-12-6-5-7-13-19)23(18)24(30-25(27)28)29-17-20-14-8-9-16-22(20)26(2,3)4/h5-16H,17H2,1-4H3,(H2,28,29,30). The Hall–Kier alpha value is -2.91. The molecule has 0 heterocycles. The van der Waals surface area contributed by atoms with Crippen LogP contribution < -0.4 is 5.73 Å². The summed E-state index contributed by atoms with van der Waals surface area (Å²) in [6.45, 7) is 9.18. The van der Waals surface area contributed by atoms with Gasteiger partial charge in [0.2, 0.25) is 0 Å². The van der Waals surface area contributed by atoms with E-state index in [0.717, 1.165) is 22.3 Å². The molecule has 0 spiro atoms. The van der Waals surface area contributed by atoms with Crippen molar-refractivity contribution in [2.75, 3.05) is 0 Å². The lowest BCUT2D eigenvalue weighted by atomic mass is 9.84.